The normalized spacial score (nSPS) is 15.3. The van der Waals surface area contributed by atoms with Crippen molar-refractivity contribution in [3.63, 3.8) is 0 Å². The van der Waals surface area contributed by atoms with E-state index in [1.165, 1.54) is 0 Å². The quantitative estimate of drug-likeness (QED) is 0.850. The van der Waals surface area contributed by atoms with Crippen LogP contribution in [0.4, 0.5) is 4.79 Å². The Morgan fingerprint density at radius 1 is 1.25 bits per heavy atom. The van der Waals surface area contributed by atoms with Crippen LogP contribution in [0.15, 0.2) is 24.5 Å². The van der Waals surface area contributed by atoms with Gasteiger partial charge >= 0.3 is 6.09 Å². The number of nitrogens with zero attached hydrogens (tertiary/aromatic N) is 4. The van der Waals surface area contributed by atoms with Crippen molar-refractivity contribution in [3.05, 3.63) is 35.9 Å². The van der Waals surface area contributed by atoms with Gasteiger partial charge in [-0.25, -0.2) is 4.79 Å². The van der Waals surface area contributed by atoms with E-state index in [0.717, 1.165) is 22.5 Å². The molecular formula is C18H24N4O2. The van der Waals surface area contributed by atoms with Crippen molar-refractivity contribution in [1.29, 1.82) is 0 Å². The molecule has 1 fully saturated rings. The molecule has 6 heteroatoms. The summed E-state index contributed by atoms with van der Waals surface area (Å²) in [5.41, 5.74) is 3.72. The fraction of sp³-hybridized carbons (Fsp3) is 0.500. The Morgan fingerprint density at radius 3 is 2.54 bits per heavy atom. The smallest absolute Gasteiger partial charge is 0.410 e. The van der Waals surface area contributed by atoms with Crippen LogP contribution >= 0.6 is 0 Å². The highest BCUT2D eigenvalue weighted by Crippen LogP contribution is 2.30. The molecule has 24 heavy (non-hydrogen) atoms. The molecule has 3 heterocycles. The monoisotopic (exact) mass is 328 g/mol. The lowest BCUT2D eigenvalue weighted by Gasteiger charge is -2.39. The van der Waals surface area contributed by atoms with E-state index >= 15 is 0 Å². The second-order valence-electron chi connectivity index (χ2n) is 7.41. The van der Waals surface area contributed by atoms with Crippen LogP contribution in [0.5, 0.6) is 0 Å². The first-order chi connectivity index (χ1) is 11.2. The van der Waals surface area contributed by atoms with Gasteiger partial charge in [0.1, 0.15) is 5.60 Å². The summed E-state index contributed by atoms with van der Waals surface area (Å²) in [5.74, 6) is 0.257. The maximum absolute atomic E-state index is 12.0. The third-order valence-electron chi connectivity index (χ3n) is 3.96. The maximum atomic E-state index is 12.0. The minimum absolute atomic E-state index is 0.251. The zero-order valence-electron chi connectivity index (χ0n) is 14.9. The molecule has 128 valence electrons. The average molecular weight is 328 g/mol. The molecule has 6 nitrogen and oxygen atoms in total. The summed E-state index contributed by atoms with van der Waals surface area (Å²) in [6, 6.07) is 4.16. The van der Waals surface area contributed by atoms with Gasteiger partial charge in [-0.2, -0.15) is 5.10 Å². The molecule has 1 aliphatic heterocycles. The second kappa shape index (κ2) is 5.92. The Labute approximate surface area is 142 Å². The summed E-state index contributed by atoms with van der Waals surface area (Å²) >= 11 is 0. The number of aromatic nitrogens is 3. The van der Waals surface area contributed by atoms with Crippen LogP contribution in [-0.4, -0.2) is 44.4 Å². The first-order valence-corrected chi connectivity index (χ1v) is 8.17. The Hall–Kier alpha value is -2.37. The Balaban J connectivity index is 1.71. The van der Waals surface area contributed by atoms with E-state index in [1.807, 2.05) is 47.1 Å². The van der Waals surface area contributed by atoms with E-state index in [9.17, 15) is 4.79 Å². The van der Waals surface area contributed by atoms with Crippen molar-refractivity contribution >= 4 is 6.09 Å². The first kappa shape index (κ1) is 16.5. The SMILES string of the molecule is Cc1cc(-c2cnn(C)c2)cc(C2CN(C(=O)OC(C)(C)C)C2)n1. The highest BCUT2D eigenvalue weighted by atomic mass is 16.6. The third-order valence-corrected chi connectivity index (χ3v) is 3.96. The predicted molar refractivity (Wildman–Crippen MR) is 91.7 cm³/mol. The molecular weight excluding hydrogens is 304 g/mol. The lowest BCUT2D eigenvalue weighted by molar-refractivity contribution is 0.00788. The second-order valence-corrected chi connectivity index (χ2v) is 7.41. The number of hydrogen-bond donors (Lipinski definition) is 0. The van der Waals surface area contributed by atoms with Crippen molar-refractivity contribution in [2.24, 2.45) is 7.05 Å². The molecule has 1 amide bonds. The summed E-state index contributed by atoms with van der Waals surface area (Å²) < 4.78 is 7.19. The average Bonchev–Trinajstić information content (AvgIpc) is 2.81. The molecule has 0 atom stereocenters. The fourth-order valence-corrected chi connectivity index (χ4v) is 2.78. The molecule has 0 bridgehead atoms. The molecule has 0 N–H and O–H groups in total. The number of rotatable bonds is 2. The van der Waals surface area contributed by atoms with Crippen LogP contribution in [0.1, 0.15) is 38.1 Å². The highest BCUT2D eigenvalue weighted by molar-refractivity contribution is 5.70. The van der Waals surface area contributed by atoms with Gasteiger partial charge in [-0.1, -0.05) is 0 Å². The minimum Gasteiger partial charge on any atom is -0.444 e. The number of aryl methyl sites for hydroxylation is 2. The summed E-state index contributed by atoms with van der Waals surface area (Å²) in [7, 11) is 1.91. The van der Waals surface area contributed by atoms with Crippen molar-refractivity contribution in [1.82, 2.24) is 19.7 Å². The van der Waals surface area contributed by atoms with Gasteiger partial charge in [-0.05, 0) is 45.4 Å². The third kappa shape index (κ3) is 3.58. The number of ether oxygens (including phenoxy) is 1. The molecule has 0 unspecified atom stereocenters. The van der Waals surface area contributed by atoms with Gasteiger partial charge in [-0.15, -0.1) is 0 Å². The summed E-state index contributed by atoms with van der Waals surface area (Å²) in [4.78, 5) is 18.4. The highest BCUT2D eigenvalue weighted by Gasteiger charge is 2.35. The molecule has 3 rings (SSSR count). The van der Waals surface area contributed by atoms with Crippen LogP contribution in [0, 0.1) is 6.92 Å². The Morgan fingerprint density at radius 2 is 1.96 bits per heavy atom. The summed E-state index contributed by atoms with van der Waals surface area (Å²) in [5, 5.41) is 4.23. The van der Waals surface area contributed by atoms with Gasteiger partial charge in [0.15, 0.2) is 0 Å². The molecule has 0 saturated carbocycles. The number of amides is 1. The summed E-state index contributed by atoms with van der Waals surface area (Å²) in [6.07, 6.45) is 3.59. The molecule has 0 spiro atoms. The van der Waals surface area contributed by atoms with Gasteiger partial charge in [0.25, 0.3) is 0 Å². The van der Waals surface area contributed by atoms with Gasteiger partial charge in [0.05, 0.1) is 6.20 Å². The minimum atomic E-state index is -0.461. The maximum Gasteiger partial charge on any atom is 0.410 e. The largest absolute Gasteiger partial charge is 0.444 e. The molecule has 0 radical (unpaired) electrons. The van der Waals surface area contributed by atoms with Crippen LogP contribution in [0.2, 0.25) is 0 Å². The van der Waals surface area contributed by atoms with Crippen molar-refractivity contribution in [2.45, 2.75) is 39.2 Å². The molecule has 1 saturated heterocycles. The van der Waals surface area contributed by atoms with Crippen LogP contribution in [0.25, 0.3) is 11.1 Å². The van der Waals surface area contributed by atoms with Gasteiger partial charge in [0.2, 0.25) is 0 Å². The molecule has 0 aliphatic carbocycles. The predicted octanol–water partition coefficient (Wildman–Crippen LogP) is 3.12. The number of carbonyl (C=O) groups excluding carboxylic acids is 1. The fourth-order valence-electron chi connectivity index (χ4n) is 2.78. The van der Waals surface area contributed by atoms with Gasteiger partial charge in [-0.3, -0.25) is 9.67 Å². The number of pyridine rings is 1. The van der Waals surface area contributed by atoms with Crippen LogP contribution in [0.3, 0.4) is 0 Å². The van der Waals surface area contributed by atoms with Crippen molar-refractivity contribution in [3.8, 4) is 11.1 Å². The van der Waals surface area contributed by atoms with E-state index in [0.29, 0.717) is 13.1 Å². The number of likely N-dealkylation sites (tertiary alicyclic amines) is 1. The zero-order chi connectivity index (χ0) is 17.5. The molecule has 0 aromatic carbocycles. The van der Waals surface area contributed by atoms with Gasteiger partial charge in [0, 0.05) is 49.2 Å². The molecule has 2 aromatic heterocycles. The van der Waals surface area contributed by atoms with Crippen LogP contribution in [-0.2, 0) is 11.8 Å². The van der Waals surface area contributed by atoms with E-state index < -0.39 is 5.60 Å². The first-order valence-electron chi connectivity index (χ1n) is 8.17. The van der Waals surface area contributed by atoms with E-state index in [-0.39, 0.29) is 12.0 Å². The van der Waals surface area contributed by atoms with E-state index in [2.05, 4.69) is 22.2 Å². The number of carbonyl (C=O) groups is 1. The topological polar surface area (TPSA) is 60.2 Å². The Bertz CT molecular complexity index is 755. The number of hydrogen-bond acceptors (Lipinski definition) is 4. The van der Waals surface area contributed by atoms with Crippen LogP contribution < -0.4 is 0 Å². The van der Waals surface area contributed by atoms with E-state index in [4.69, 9.17) is 4.74 Å². The van der Waals surface area contributed by atoms with Crippen molar-refractivity contribution in [2.75, 3.05) is 13.1 Å². The lowest BCUT2D eigenvalue weighted by atomic mass is 9.94. The standard InChI is InChI=1S/C18H24N4O2/c1-12-6-13(14-8-19-21(5)9-14)7-16(20-12)15-10-22(11-15)17(23)24-18(2,3)4/h6-9,15H,10-11H2,1-5H3. The molecule has 1 aliphatic rings. The zero-order valence-corrected chi connectivity index (χ0v) is 14.9. The lowest BCUT2D eigenvalue weighted by Crippen LogP contribution is -2.50. The summed E-state index contributed by atoms with van der Waals surface area (Å²) in [6.45, 7) is 8.93. The van der Waals surface area contributed by atoms with E-state index in [1.54, 1.807) is 9.58 Å². The van der Waals surface area contributed by atoms with Gasteiger partial charge < -0.3 is 9.64 Å². The molecule has 2 aromatic rings. The Kier molecular flexibility index (Phi) is 4.07. The van der Waals surface area contributed by atoms with Crippen molar-refractivity contribution < 1.29 is 9.53 Å².